The van der Waals surface area contributed by atoms with Crippen LogP contribution in [0.1, 0.15) is 33.8 Å². The van der Waals surface area contributed by atoms with E-state index in [9.17, 15) is 9.59 Å². The third-order valence-electron chi connectivity index (χ3n) is 4.80. The van der Waals surface area contributed by atoms with E-state index in [1.165, 1.54) is 18.2 Å². The Balaban J connectivity index is 1.51. The van der Waals surface area contributed by atoms with Gasteiger partial charge < -0.3 is 14.8 Å². The minimum absolute atomic E-state index is 0.173. The monoisotopic (exact) mass is 403 g/mol. The molecule has 0 spiro atoms. The summed E-state index contributed by atoms with van der Waals surface area (Å²) >= 11 is 0. The summed E-state index contributed by atoms with van der Waals surface area (Å²) in [5.41, 5.74) is 2.74. The standard InChI is InChI=1S/C25H25NO4/c1-29-22-14-8-13-21(17-22)25(28)30-18-24(27)26-16-15-23(19-9-4-2-5-10-19)20-11-6-3-7-12-20/h2-14,17,23H,15-16,18H2,1H3,(H,26,27). The molecular formula is C25H25NO4. The molecule has 0 aromatic heterocycles. The quantitative estimate of drug-likeness (QED) is 0.544. The molecule has 3 rings (SSSR count). The topological polar surface area (TPSA) is 64.6 Å². The number of amides is 1. The number of esters is 1. The molecule has 0 fully saturated rings. The van der Waals surface area contributed by atoms with Crippen molar-refractivity contribution in [2.75, 3.05) is 20.3 Å². The van der Waals surface area contributed by atoms with E-state index < -0.39 is 5.97 Å². The van der Waals surface area contributed by atoms with Gasteiger partial charge in [-0.05, 0) is 35.7 Å². The van der Waals surface area contributed by atoms with Crippen molar-refractivity contribution in [3.05, 3.63) is 102 Å². The van der Waals surface area contributed by atoms with E-state index >= 15 is 0 Å². The SMILES string of the molecule is COc1cccc(C(=O)OCC(=O)NCCC(c2ccccc2)c2ccccc2)c1. The molecule has 0 heterocycles. The molecule has 0 saturated carbocycles. The maximum atomic E-state index is 12.1. The molecule has 154 valence electrons. The third kappa shape index (κ3) is 5.95. The summed E-state index contributed by atoms with van der Waals surface area (Å²) in [5, 5.41) is 2.84. The molecule has 0 atom stereocenters. The highest BCUT2D eigenvalue weighted by atomic mass is 16.5. The van der Waals surface area contributed by atoms with E-state index in [2.05, 4.69) is 29.6 Å². The predicted octanol–water partition coefficient (Wildman–Crippen LogP) is 4.19. The zero-order chi connectivity index (χ0) is 21.2. The minimum atomic E-state index is -0.560. The van der Waals surface area contributed by atoms with Gasteiger partial charge in [0.05, 0.1) is 12.7 Å². The Morgan fingerprint density at radius 3 is 2.10 bits per heavy atom. The van der Waals surface area contributed by atoms with Crippen molar-refractivity contribution in [2.24, 2.45) is 0 Å². The zero-order valence-corrected chi connectivity index (χ0v) is 16.9. The van der Waals surface area contributed by atoms with Crippen molar-refractivity contribution in [3.63, 3.8) is 0 Å². The second-order valence-corrected chi connectivity index (χ2v) is 6.82. The molecule has 30 heavy (non-hydrogen) atoms. The van der Waals surface area contributed by atoms with E-state index in [0.29, 0.717) is 17.9 Å². The molecule has 0 aliphatic rings. The van der Waals surface area contributed by atoms with Gasteiger partial charge in [-0.25, -0.2) is 4.79 Å². The van der Waals surface area contributed by atoms with Gasteiger partial charge in [0.2, 0.25) is 0 Å². The van der Waals surface area contributed by atoms with E-state index in [4.69, 9.17) is 9.47 Å². The van der Waals surface area contributed by atoms with Crippen LogP contribution in [0.2, 0.25) is 0 Å². The van der Waals surface area contributed by atoms with Crippen LogP contribution >= 0.6 is 0 Å². The first-order valence-corrected chi connectivity index (χ1v) is 9.85. The molecular weight excluding hydrogens is 378 g/mol. The Kier molecular flexibility index (Phi) is 7.61. The number of benzene rings is 3. The van der Waals surface area contributed by atoms with E-state index in [0.717, 1.165) is 6.42 Å². The maximum absolute atomic E-state index is 12.1. The number of carbonyl (C=O) groups is 2. The van der Waals surface area contributed by atoms with E-state index in [1.54, 1.807) is 24.3 Å². The summed E-state index contributed by atoms with van der Waals surface area (Å²) in [6.45, 7) is 0.154. The molecule has 5 nitrogen and oxygen atoms in total. The van der Waals surface area contributed by atoms with Gasteiger partial charge in [0.25, 0.3) is 5.91 Å². The van der Waals surface area contributed by atoms with Crippen LogP contribution in [-0.4, -0.2) is 32.1 Å². The van der Waals surface area contributed by atoms with Gasteiger partial charge in [-0.15, -0.1) is 0 Å². The van der Waals surface area contributed by atoms with Crippen LogP contribution in [0.25, 0.3) is 0 Å². The van der Waals surface area contributed by atoms with Crippen LogP contribution in [0.5, 0.6) is 5.75 Å². The fourth-order valence-corrected chi connectivity index (χ4v) is 3.27. The van der Waals surface area contributed by atoms with E-state index in [1.807, 2.05) is 36.4 Å². The molecule has 3 aromatic carbocycles. The first-order valence-electron chi connectivity index (χ1n) is 9.85. The summed E-state index contributed by atoms with van der Waals surface area (Å²) in [4.78, 5) is 24.3. The van der Waals surface area contributed by atoms with Crippen molar-refractivity contribution in [1.29, 1.82) is 0 Å². The number of ether oxygens (including phenoxy) is 2. The first-order chi connectivity index (χ1) is 14.7. The molecule has 0 saturated heterocycles. The van der Waals surface area contributed by atoms with Gasteiger partial charge in [-0.3, -0.25) is 4.79 Å². The molecule has 0 aliphatic carbocycles. The smallest absolute Gasteiger partial charge is 0.338 e. The van der Waals surface area contributed by atoms with Crippen LogP contribution in [0, 0.1) is 0 Å². The third-order valence-corrected chi connectivity index (χ3v) is 4.80. The van der Waals surface area contributed by atoms with Crippen molar-refractivity contribution in [1.82, 2.24) is 5.32 Å². The molecule has 0 bridgehead atoms. The number of hydrogen-bond acceptors (Lipinski definition) is 4. The number of methoxy groups -OCH3 is 1. The van der Waals surface area contributed by atoms with Gasteiger partial charge >= 0.3 is 5.97 Å². The molecule has 5 heteroatoms. The van der Waals surface area contributed by atoms with Crippen LogP contribution in [0.3, 0.4) is 0 Å². The Morgan fingerprint density at radius 1 is 0.867 bits per heavy atom. The zero-order valence-electron chi connectivity index (χ0n) is 16.9. The van der Waals surface area contributed by atoms with Gasteiger partial charge in [0, 0.05) is 12.5 Å². The van der Waals surface area contributed by atoms with Crippen LogP contribution in [-0.2, 0) is 9.53 Å². The molecule has 1 N–H and O–H groups in total. The van der Waals surface area contributed by atoms with Crippen molar-refractivity contribution in [2.45, 2.75) is 12.3 Å². The first kappa shape index (κ1) is 21.1. The average molecular weight is 403 g/mol. The van der Waals surface area contributed by atoms with Gasteiger partial charge in [0.15, 0.2) is 6.61 Å². The summed E-state index contributed by atoms with van der Waals surface area (Å²) in [6.07, 6.45) is 0.740. The van der Waals surface area contributed by atoms with Crippen molar-refractivity contribution in [3.8, 4) is 5.75 Å². The molecule has 1 amide bonds. The maximum Gasteiger partial charge on any atom is 0.338 e. The largest absolute Gasteiger partial charge is 0.497 e. The second kappa shape index (κ2) is 10.8. The molecule has 0 unspecified atom stereocenters. The normalized spacial score (nSPS) is 10.5. The van der Waals surface area contributed by atoms with E-state index in [-0.39, 0.29) is 18.4 Å². The molecule has 3 aromatic rings. The van der Waals surface area contributed by atoms with Crippen LogP contribution in [0.15, 0.2) is 84.9 Å². The highest BCUT2D eigenvalue weighted by molar-refractivity contribution is 5.91. The fraction of sp³-hybridized carbons (Fsp3) is 0.200. The van der Waals surface area contributed by atoms with Crippen LogP contribution < -0.4 is 10.1 Å². The number of carbonyl (C=O) groups excluding carboxylic acids is 2. The predicted molar refractivity (Wildman–Crippen MR) is 116 cm³/mol. The average Bonchev–Trinajstić information content (AvgIpc) is 2.81. The van der Waals surface area contributed by atoms with Gasteiger partial charge in [-0.2, -0.15) is 0 Å². The van der Waals surface area contributed by atoms with Crippen molar-refractivity contribution < 1.29 is 19.1 Å². The van der Waals surface area contributed by atoms with Crippen LogP contribution in [0.4, 0.5) is 0 Å². The molecule has 0 aliphatic heterocycles. The summed E-state index contributed by atoms with van der Waals surface area (Å²) in [6, 6.07) is 27.0. The van der Waals surface area contributed by atoms with Gasteiger partial charge in [-0.1, -0.05) is 66.7 Å². The lowest BCUT2D eigenvalue weighted by Gasteiger charge is -2.18. The highest BCUT2D eigenvalue weighted by Gasteiger charge is 2.15. The molecule has 0 radical (unpaired) electrons. The Labute approximate surface area is 176 Å². The second-order valence-electron chi connectivity index (χ2n) is 6.82. The lowest BCUT2D eigenvalue weighted by Crippen LogP contribution is -2.30. The lowest BCUT2D eigenvalue weighted by atomic mass is 9.88. The lowest BCUT2D eigenvalue weighted by molar-refractivity contribution is -0.124. The highest BCUT2D eigenvalue weighted by Crippen LogP contribution is 2.27. The summed E-state index contributed by atoms with van der Waals surface area (Å²) in [7, 11) is 1.52. The number of nitrogens with one attached hydrogen (secondary N) is 1. The minimum Gasteiger partial charge on any atom is -0.497 e. The summed E-state index contributed by atoms with van der Waals surface area (Å²) < 4.78 is 10.2. The van der Waals surface area contributed by atoms with Gasteiger partial charge in [0.1, 0.15) is 5.75 Å². The summed E-state index contributed by atoms with van der Waals surface area (Å²) in [5.74, 6) is -0.157. The number of hydrogen-bond donors (Lipinski definition) is 1. The Hall–Kier alpha value is -3.60. The fourth-order valence-electron chi connectivity index (χ4n) is 3.27. The Morgan fingerprint density at radius 2 is 1.50 bits per heavy atom. The van der Waals surface area contributed by atoms with Crippen molar-refractivity contribution >= 4 is 11.9 Å². The Bertz CT molecular complexity index is 918. The number of rotatable bonds is 9.